The van der Waals surface area contributed by atoms with Gasteiger partial charge in [0, 0.05) is 24.6 Å². The van der Waals surface area contributed by atoms with Crippen LogP contribution in [0.4, 0.5) is 14.5 Å². The molecule has 26 heavy (non-hydrogen) atoms. The Morgan fingerprint density at radius 3 is 2.81 bits per heavy atom. The first-order chi connectivity index (χ1) is 12.5. The Morgan fingerprint density at radius 2 is 2.08 bits per heavy atom. The van der Waals surface area contributed by atoms with E-state index in [0.717, 1.165) is 5.56 Å². The van der Waals surface area contributed by atoms with Gasteiger partial charge < -0.3 is 9.73 Å². The lowest BCUT2D eigenvalue weighted by molar-refractivity contribution is -0.118. The molecule has 2 N–H and O–H groups in total. The highest BCUT2D eigenvalue weighted by molar-refractivity contribution is 5.96. The molecule has 0 radical (unpaired) electrons. The molecule has 134 valence electrons. The van der Waals surface area contributed by atoms with E-state index in [1.54, 1.807) is 18.2 Å². The summed E-state index contributed by atoms with van der Waals surface area (Å²) in [7, 11) is 0. The third kappa shape index (κ3) is 3.57. The number of halogens is 2. The van der Waals surface area contributed by atoms with Crippen molar-refractivity contribution >= 4 is 22.7 Å². The molecule has 1 unspecified atom stereocenters. The number of amides is 1. The molecule has 4 rings (SSSR count). The Kier molecular flexibility index (Phi) is 4.16. The fourth-order valence-corrected chi connectivity index (χ4v) is 3.03. The lowest BCUT2D eigenvalue weighted by atomic mass is 10.1. The maximum atomic E-state index is 13.2. The average Bonchev–Trinajstić information content (AvgIpc) is 3.17. The van der Waals surface area contributed by atoms with Crippen molar-refractivity contribution in [2.45, 2.75) is 24.8 Å². The van der Waals surface area contributed by atoms with E-state index in [-0.39, 0.29) is 0 Å². The van der Waals surface area contributed by atoms with Crippen LogP contribution in [0.5, 0.6) is 0 Å². The van der Waals surface area contributed by atoms with Crippen molar-refractivity contribution in [1.29, 1.82) is 0 Å². The molecule has 1 saturated heterocycles. The van der Waals surface area contributed by atoms with Crippen LogP contribution in [0.25, 0.3) is 11.1 Å². The smallest absolute Gasteiger partial charge is 0.262 e. The highest BCUT2D eigenvalue weighted by Crippen LogP contribution is 2.26. The summed E-state index contributed by atoms with van der Waals surface area (Å²) >= 11 is 0. The van der Waals surface area contributed by atoms with Gasteiger partial charge in [-0.05, 0) is 17.7 Å². The average molecular weight is 357 g/mol. The minimum atomic E-state index is -2.84. The number of hydrogen-bond donors (Lipinski definition) is 2. The van der Waals surface area contributed by atoms with Crippen LogP contribution < -0.4 is 10.6 Å². The Hall–Kier alpha value is -2.80. The second-order valence-electron chi connectivity index (χ2n) is 6.44. The summed E-state index contributed by atoms with van der Waals surface area (Å²) in [6.45, 7) is -0.477. The number of alkyl halides is 2. The van der Waals surface area contributed by atoms with E-state index in [4.69, 9.17) is 4.42 Å². The number of fused-ring (bicyclic) bond motifs is 1. The maximum absolute atomic E-state index is 13.2. The van der Waals surface area contributed by atoms with E-state index in [9.17, 15) is 13.6 Å². The van der Waals surface area contributed by atoms with E-state index < -0.39 is 30.8 Å². The number of nitrogens with zero attached hydrogens (tertiary/aromatic N) is 1. The lowest BCUT2D eigenvalue weighted by Gasteiger charge is -2.11. The van der Waals surface area contributed by atoms with Crippen LogP contribution in [-0.2, 0) is 11.2 Å². The minimum absolute atomic E-state index is 0.477. The summed E-state index contributed by atoms with van der Waals surface area (Å²) in [6, 6.07) is 14.0. The van der Waals surface area contributed by atoms with Crippen molar-refractivity contribution < 1.29 is 18.0 Å². The molecule has 1 atom stereocenters. The van der Waals surface area contributed by atoms with Gasteiger partial charge in [-0.25, -0.2) is 13.8 Å². The molecule has 0 spiro atoms. The predicted molar refractivity (Wildman–Crippen MR) is 93.2 cm³/mol. The fourth-order valence-electron chi connectivity index (χ4n) is 3.03. The van der Waals surface area contributed by atoms with Crippen molar-refractivity contribution in [2.24, 2.45) is 0 Å². The molecule has 5 nitrogen and oxygen atoms in total. The number of rotatable bonds is 4. The number of oxazole rings is 1. The Bertz CT molecular complexity index is 940. The topological polar surface area (TPSA) is 67.2 Å². The van der Waals surface area contributed by atoms with Crippen LogP contribution in [0.15, 0.2) is 52.9 Å². The third-order valence-electron chi connectivity index (χ3n) is 4.32. The Morgan fingerprint density at radius 1 is 1.27 bits per heavy atom. The highest BCUT2D eigenvalue weighted by atomic mass is 19.3. The molecule has 1 amide bonds. The van der Waals surface area contributed by atoms with Crippen molar-refractivity contribution in [3.05, 3.63) is 60.0 Å². The van der Waals surface area contributed by atoms with Gasteiger partial charge in [0.15, 0.2) is 11.5 Å². The van der Waals surface area contributed by atoms with Gasteiger partial charge >= 0.3 is 0 Å². The first kappa shape index (κ1) is 16.7. The number of carbonyl (C=O) groups excluding carboxylic acids is 1. The number of carbonyl (C=O) groups is 1. The zero-order valence-electron chi connectivity index (χ0n) is 13.8. The molecule has 0 bridgehead atoms. The molecule has 1 aliphatic heterocycles. The minimum Gasteiger partial charge on any atom is -0.440 e. The van der Waals surface area contributed by atoms with Crippen LogP contribution in [0.3, 0.4) is 0 Å². The largest absolute Gasteiger partial charge is 0.440 e. The second kappa shape index (κ2) is 6.49. The number of anilines is 1. The van der Waals surface area contributed by atoms with E-state index >= 15 is 0 Å². The van der Waals surface area contributed by atoms with Gasteiger partial charge in [-0.15, -0.1) is 0 Å². The molecule has 0 saturated carbocycles. The molecular weight excluding hydrogens is 340 g/mol. The molecule has 7 heteroatoms. The summed E-state index contributed by atoms with van der Waals surface area (Å²) in [5, 5.41) is 5.19. The van der Waals surface area contributed by atoms with Gasteiger partial charge in [0.05, 0.1) is 12.6 Å². The molecule has 1 aromatic heterocycles. The normalized spacial score (nSPS) is 18.9. The summed E-state index contributed by atoms with van der Waals surface area (Å²) in [4.78, 5) is 16.6. The first-order valence-corrected chi connectivity index (χ1v) is 8.34. The van der Waals surface area contributed by atoms with Gasteiger partial charge in [0.25, 0.3) is 5.92 Å². The first-order valence-electron chi connectivity index (χ1n) is 8.34. The van der Waals surface area contributed by atoms with E-state index in [0.29, 0.717) is 29.1 Å². The fraction of sp³-hybridized carbons (Fsp3) is 0.263. The van der Waals surface area contributed by atoms with Gasteiger partial charge in [0.1, 0.15) is 5.52 Å². The summed E-state index contributed by atoms with van der Waals surface area (Å²) in [5.41, 5.74) is 2.79. The zero-order valence-corrected chi connectivity index (χ0v) is 13.8. The molecule has 2 aromatic carbocycles. The monoisotopic (exact) mass is 357 g/mol. The third-order valence-corrected chi connectivity index (χ3v) is 4.32. The number of nitrogens with one attached hydrogen (secondary N) is 2. The maximum Gasteiger partial charge on any atom is 0.262 e. The standard InChI is InChI=1S/C19H17F2N3O2/c20-19(21)10-15(22-11-19)18(25)23-13-6-7-14-16(9-13)26-17(24-14)8-12-4-2-1-3-5-12/h1-7,9,15,22H,8,10-11H2,(H,23,25). The van der Waals surface area contributed by atoms with E-state index in [1.165, 1.54) is 0 Å². The molecule has 1 aliphatic rings. The summed E-state index contributed by atoms with van der Waals surface area (Å²) < 4.78 is 32.2. The second-order valence-corrected chi connectivity index (χ2v) is 6.44. The predicted octanol–water partition coefficient (Wildman–Crippen LogP) is 3.35. The Balaban J connectivity index is 1.48. The van der Waals surface area contributed by atoms with Crippen LogP contribution in [0.1, 0.15) is 17.9 Å². The highest BCUT2D eigenvalue weighted by Gasteiger charge is 2.42. The summed E-state index contributed by atoms with van der Waals surface area (Å²) in [5.74, 6) is -2.75. The van der Waals surface area contributed by atoms with Gasteiger partial charge in [-0.1, -0.05) is 30.3 Å². The van der Waals surface area contributed by atoms with Crippen LogP contribution in [0.2, 0.25) is 0 Å². The van der Waals surface area contributed by atoms with Gasteiger partial charge in [-0.3, -0.25) is 10.1 Å². The SMILES string of the molecule is O=C(Nc1ccc2nc(Cc3ccccc3)oc2c1)C1CC(F)(F)CN1. The van der Waals surface area contributed by atoms with Crippen molar-refractivity contribution in [2.75, 3.05) is 11.9 Å². The quantitative estimate of drug-likeness (QED) is 0.751. The number of hydrogen-bond acceptors (Lipinski definition) is 4. The lowest BCUT2D eigenvalue weighted by Crippen LogP contribution is -2.35. The molecule has 3 aromatic rings. The van der Waals surface area contributed by atoms with Crippen LogP contribution >= 0.6 is 0 Å². The molecule has 1 fully saturated rings. The summed E-state index contributed by atoms with van der Waals surface area (Å²) in [6.07, 6.45) is 0.0723. The van der Waals surface area contributed by atoms with Gasteiger partial charge in [-0.2, -0.15) is 0 Å². The molecule has 2 heterocycles. The van der Waals surface area contributed by atoms with Crippen molar-refractivity contribution in [1.82, 2.24) is 10.3 Å². The van der Waals surface area contributed by atoms with Crippen LogP contribution in [0, 0.1) is 0 Å². The molecular formula is C19H17F2N3O2. The number of benzene rings is 2. The van der Waals surface area contributed by atoms with Gasteiger partial charge in [0.2, 0.25) is 5.91 Å². The van der Waals surface area contributed by atoms with E-state index in [1.807, 2.05) is 30.3 Å². The van der Waals surface area contributed by atoms with Crippen molar-refractivity contribution in [3.8, 4) is 0 Å². The van der Waals surface area contributed by atoms with Crippen molar-refractivity contribution in [3.63, 3.8) is 0 Å². The Labute approximate surface area is 148 Å². The molecule has 0 aliphatic carbocycles. The zero-order chi connectivity index (χ0) is 18.1. The van der Waals surface area contributed by atoms with Crippen LogP contribution in [-0.4, -0.2) is 29.4 Å². The van der Waals surface area contributed by atoms with E-state index in [2.05, 4.69) is 15.6 Å². The number of aromatic nitrogens is 1.